The fourth-order valence-corrected chi connectivity index (χ4v) is 2.13. The SMILES string of the molecule is CCn1c(=O)c2cc(Br)ccc2n(C)c1=O. The summed E-state index contributed by atoms with van der Waals surface area (Å²) in [7, 11) is 1.67. The van der Waals surface area contributed by atoms with E-state index in [1.165, 1.54) is 9.13 Å². The van der Waals surface area contributed by atoms with Crippen molar-refractivity contribution in [3.05, 3.63) is 43.5 Å². The first-order chi connectivity index (χ1) is 7.56. The first kappa shape index (κ1) is 11.1. The molecule has 0 bridgehead atoms. The molecular weight excluding hydrogens is 272 g/mol. The molecule has 0 amide bonds. The van der Waals surface area contributed by atoms with Crippen LogP contribution in [0, 0.1) is 0 Å². The van der Waals surface area contributed by atoms with Crippen LogP contribution in [0.1, 0.15) is 6.92 Å². The van der Waals surface area contributed by atoms with Crippen molar-refractivity contribution in [2.45, 2.75) is 13.5 Å². The van der Waals surface area contributed by atoms with Crippen LogP contribution >= 0.6 is 15.9 Å². The number of halogens is 1. The Labute approximate surface area is 100 Å². The number of benzene rings is 1. The number of nitrogens with zero attached hydrogens (tertiary/aromatic N) is 2. The van der Waals surface area contributed by atoms with Gasteiger partial charge in [-0.25, -0.2) is 4.79 Å². The third-order valence-corrected chi connectivity index (χ3v) is 3.12. The summed E-state index contributed by atoms with van der Waals surface area (Å²) in [6.45, 7) is 2.17. The Morgan fingerprint density at radius 1 is 1.31 bits per heavy atom. The average Bonchev–Trinajstić information content (AvgIpc) is 2.27. The van der Waals surface area contributed by atoms with Crippen molar-refractivity contribution in [2.24, 2.45) is 7.05 Å². The average molecular weight is 283 g/mol. The van der Waals surface area contributed by atoms with E-state index in [1.54, 1.807) is 26.1 Å². The minimum Gasteiger partial charge on any atom is -0.296 e. The van der Waals surface area contributed by atoms with Gasteiger partial charge in [0.2, 0.25) is 0 Å². The van der Waals surface area contributed by atoms with E-state index < -0.39 is 0 Å². The second kappa shape index (κ2) is 3.90. The largest absolute Gasteiger partial charge is 0.331 e. The molecule has 1 aromatic heterocycles. The molecule has 0 saturated carbocycles. The Bertz CT molecular complexity index is 670. The van der Waals surface area contributed by atoms with E-state index in [4.69, 9.17) is 0 Å². The van der Waals surface area contributed by atoms with E-state index >= 15 is 0 Å². The molecule has 0 aliphatic rings. The van der Waals surface area contributed by atoms with E-state index in [0.29, 0.717) is 17.4 Å². The van der Waals surface area contributed by atoms with Crippen molar-refractivity contribution in [2.75, 3.05) is 0 Å². The van der Waals surface area contributed by atoms with Crippen LogP contribution in [-0.2, 0) is 13.6 Å². The van der Waals surface area contributed by atoms with Crippen LogP contribution in [0.3, 0.4) is 0 Å². The molecule has 5 heteroatoms. The van der Waals surface area contributed by atoms with Crippen LogP contribution in [0.25, 0.3) is 10.9 Å². The smallest absolute Gasteiger partial charge is 0.296 e. The van der Waals surface area contributed by atoms with Crippen molar-refractivity contribution in [3.63, 3.8) is 0 Å². The molecule has 0 saturated heterocycles. The van der Waals surface area contributed by atoms with Crippen molar-refractivity contribution < 1.29 is 0 Å². The highest BCUT2D eigenvalue weighted by Crippen LogP contribution is 2.15. The van der Waals surface area contributed by atoms with Crippen LogP contribution in [0.15, 0.2) is 32.3 Å². The Hall–Kier alpha value is -1.36. The molecule has 2 rings (SSSR count). The van der Waals surface area contributed by atoms with E-state index in [9.17, 15) is 9.59 Å². The van der Waals surface area contributed by atoms with Gasteiger partial charge < -0.3 is 0 Å². The summed E-state index contributed by atoms with van der Waals surface area (Å²) in [5, 5.41) is 0.554. The lowest BCUT2D eigenvalue weighted by molar-refractivity contribution is 0.640. The third-order valence-electron chi connectivity index (χ3n) is 2.63. The van der Waals surface area contributed by atoms with Crippen molar-refractivity contribution in [1.29, 1.82) is 0 Å². The molecule has 0 aliphatic heterocycles. The maximum atomic E-state index is 12.0. The highest BCUT2D eigenvalue weighted by Gasteiger charge is 2.09. The van der Waals surface area contributed by atoms with Crippen LogP contribution < -0.4 is 11.2 Å². The molecule has 0 unspecified atom stereocenters. The van der Waals surface area contributed by atoms with Gasteiger partial charge in [-0.1, -0.05) is 15.9 Å². The highest BCUT2D eigenvalue weighted by molar-refractivity contribution is 9.10. The fraction of sp³-hybridized carbons (Fsp3) is 0.273. The zero-order valence-electron chi connectivity index (χ0n) is 9.03. The molecule has 84 valence electrons. The monoisotopic (exact) mass is 282 g/mol. The predicted molar refractivity (Wildman–Crippen MR) is 66.8 cm³/mol. The zero-order chi connectivity index (χ0) is 11.9. The zero-order valence-corrected chi connectivity index (χ0v) is 10.6. The Kier molecular flexibility index (Phi) is 2.71. The van der Waals surface area contributed by atoms with E-state index in [1.807, 2.05) is 6.07 Å². The third kappa shape index (κ3) is 1.51. The molecule has 0 aliphatic carbocycles. The molecule has 0 fully saturated rings. The van der Waals surface area contributed by atoms with Crippen molar-refractivity contribution in [1.82, 2.24) is 9.13 Å². The van der Waals surface area contributed by atoms with Gasteiger partial charge in [0.15, 0.2) is 0 Å². The van der Waals surface area contributed by atoms with Gasteiger partial charge in [0.25, 0.3) is 5.56 Å². The van der Waals surface area contributed by atoms with E-state index in [2.05, 4.69) is 15.9 Å². The van der Waals surface area contributed by atoms with Gasteiger partial charge >= 0.3 is 5.69 Å². The summed E-state index contributed by atoms with van der Waals surface area (Å²) in [5.74, 6) is 0. The van der Waals surface area contributed by atoms with Crippen LogP contribution in [-0.4, -0.2) is 9.13 Å². The highest BCUT2D eigenvalue weighted by atomic mass is 79.9. The van der Waals surface area contributed by atoms with Gasteiger partial charge in [0.1, 0.15) is 0 Å². The summed E-state index contributed by atoms with van der Waals surface area (Å²) < 4.78 is 3.56. The number of hydrogen-bond donors (Lipinski definition) is 0. The second-order valence-electron chi connectivity index (χ2n) is 3.55. The summed E-state index contributed by atoms with van der Waals surface area (Å²) in [6.07, 6.45) is 0. The maximum Gasteiger partial charge on any atom is 0.331 e. The first-order valence-corrected chi connectivity index (χ1v) is 5.74. The van der Waals surface area contributed by atoms with Gasteiger partial charge in [-0.2, -0.15) is 0 Å². The number of aromatic nitrogens is 2. The lowest BCUT2D eigenvalue weighted by Gasteiger charge is -2.08. The second-order valence-corrected chi connectivity index (χ2v) is 4.47. The lowest BCUT2D eigenvalue weighted by atomic mass is 10.2. The van der Waals surface area contributed by atoms with Gasteiger partial charge in [-0.3, -0.25) is 13.9 Å². The normalized spacial score (nSPS) is 10.9. The summed E-state index contributed by atoms with van der Waals surface area (Å²) in [4.78, 5) is 23.8. The standard InChI is InChI=1S/C11H11BrN2O2/c1-3-14-10(15)8-6-7(12)4-5-9(8)13(2)11(14)16/h4-6H,3H2,1-2H3. The van der Waals surface area contributed by atoms with Gasteiger partial charge in [0, 0.05) is 18.1 Å². The van der Waals surface area contributed by atoms with Crippen LogP contribution in [0.2, 0.25) is 0 Å². The molecule has 1 heterocycles. The first-order valence-electron chi connectivity index (χ1n) is 4.95. The van der Waals surface area contributed by atoms with Gasteiger partial charge in [-0.15, -0.1) is 0 Å². The number of hydrogen-bond acceptors (Lipinski definition) is 2. The minimum absolute atomic E-state index is 0.234. The van der Waals surface area contributed by atoms with E-state index in [-0.39, 0.29) is 11.2 Å². The number of rotatable bonds is 1. The molecule has 2 aromatic rings. The summed E-state index contributed by atoms with van der Waals surface area (Å²) in [6, 6.07) is 5.32. The Morgan fingerprint density at radius 2 is 2.00 bits per heavy atom. The topological polar surface area (TPSA) is 44.0 Å². The molecule has 0 N–H and O–H groups in total. The predicted octanol–water partition coefficient (Wildman–Crippen LogP) is 1.48. The van der Waals surface area contributed by atoms with Crippen molar-refractivity contribution >= 4 is 26.8 Å². The summed E-state index contributed by atoms with van der Waals surface area (Å²) in [5.41, 5.74) is 0.145. The van der Waals surface area contributed by atoms with Crippen LogP contribution in [0.5, 0.6) is 0 Å². The van der Waals surface area contributed by atoms with Crippen LogP contribution in [0.4, 0.5) is 0 Å². The maximum absolute atomic E-state index is 12.0. The number of aryl methyl sites for hydroxylation is 1. The molecule has 4 nitrogen and oxygen atoms in total. The van der Waals surface area contributed by atoms with Gasteiger partial charge in [0.05, 0.1) is 10.9 Å². The minimum atomic E-state index is -0.276. The quantitative estimate of drug-likeness (QED) is 0.795. The molecule has 0 radical (unpaired) electrons. The van der Waals surface area contributed by atoms with Crippen molar-refractivity contribution in [3.8, 4) is 0 Å². The number of fused-ring (bicyclic) bond motifs is 1. The molecular formula is C11H11BrN2O2. The fourth-order valence-electron chi connectivity index (χ4n) is 1.77. The molecule has 0 atom stereocenters. The molecule has 0 spiro atoms. The lowest BCUT2D eigenvalue weighted by Crippen LogP contribution is -2.38. The Morgan fingerprint density at radius 3 is 2.62 bits per heavy atom. The van der Waals surface area contributed by atoms with E-state index in [0.717, 1.165) is 4.47 Å². The molecule has 1 aromatic carbocycles. The van der Waals surface area contributed by atoms with Gasteiger partial charge in [-0.05, 0) is 25.1 Å². The summed E-state index contributed by atoms with van der Waals surface area (Å²) >= 11 is 3.32. The Balaban J connectivity index is 3.09. The molecule has 16 heavy (non-hydrogen) atoms.